The number of hydrogen-bond donors (Lipinski definition) is 3. The number of nitrogens with zero attached hydrogens (tertiary/aromatic N) is 2. The number of aliphatic hydroxyl groups is 2. The Morgan fingerprint density at radius 2 is 1.43 bits per heavy atom. The number of aromatic nitrogens is 2. The third kappa shape index (κ3) is 5.91. The van der Waals surface area contributed by atoms with Gasteiger partial charge in [-0.05, 0) is 53.3 Å². The topological polar surface area (TPSA) is 166 Å². The summed E-state index contributed by atoms with van der Waals surface area (Å²) in [5.74, 6) is 1.09. The van der Waals surface area contributed by atoms with Crippen LogP contribution >= 0.6 is 0 Å². The molecule has 4 aromatic rings. The number of methoxy groups -OCH3 is 2. The van der Waals surface area contributed by atoms with Crippen molar-refractivity contribution in [2.75, 3.05) is 20.8 Å². The van der Waals surface area contributed by atoms with Gasteiger partial charge in [-0.25, -0.2) is 4.79 Å². The second kappa shape index (κ2) is 13.5. The van der Waals surface area contributed by atoms with Crippen molar-refractivity contribution in [2.24, 2.45) is 5.41 Å². The molecule has 1 aliphatic rings. The molecule has 3 aromatic carbocycles. The number of aromatic amines is 1. The van der Waals surface area contributed by atoms with Gasteiger partial charge in [0.1, 0.15) is 28.6 Å². The quantitative estimate of drug-likeness (QED) is 0.0895. The number of rotatable bonds is 11. The molecule has 12 nitrogen and oxygen atoms in total. The van der Waals surface area contributed by atoms with E-state index in [9.17, 15) is 29.9 Å². The largest absolute Gasteiger partial charge is 0.497 e. The molecule has 0 amide bonds. The average molecular weight is 718 g/mol. The van der Waals surface area contributed by atoms with Crippen LogP contribution in [0.3, 0.4) is 0 Å². The number of aliphatic hydroxyl groups excluding tert-OH is 1. The molecule has 1 saturated heterocycles. The smallest absolute Gasteiger partial charge is 0.330 e. The van der Waals surface area contributed by atoms with E-state index < -0.39 is 65.0 Å². The van der Waals surface area contributed by atoms with Gasteiger partial charge in [0.15, 0.2) is 5.60 Å². The third-order valence-corrected chi connectivity index (χ3v) is 13.2. The van der Waals surface area contributed by atoms with Gasteiger partial charge in [0, 0.05) is 23.1 Å². The number of aryl methyl sites for hydroxylation is 1. The van der Waals surface area contributed by atoms with Crippen molar-refractivity contribution in [3.8, 4) is 11.5 Å². The van der Waals surface area contributed by atoms with Crippen LogP contribution in [0.25, 0.3) is 0 Å². The third-order valence-electron chi connectivity index (χ3n) is 10.8. The fourth-order valence-electron chi connectivity index (χ4n) is 7.89. The zero-order chi connectivity index (χ0) is 37.6. The van der Waals surface area contributed by atoms with Crippen LogP contribution in [0, 0.1) is 22.5 Å². The first-order chi connectivity index (χ1) is 23.9. The van der Waals surface area contributed by atoms with Gasteiger partial charge in [-0.15, -0.1) is 0 Å². The lowest BCUT2D eigenvalue weighted by molar-refractivity contribution is -0.516. The molecule has 0 spiro atoms. The van der Waals surface area contributed by atoms with Crippen LogP contribution in [0.1, 0.15) is 49.4 Å². The van der Waals surface area contributed by atoms with Gasteiger partial charge in [0.05, 0.1) is 28.4 Å². The predicted molar refractivity (Wildman–Crippen MR) is 196 cm³/mol. The summed E-state index contributed by atoms with van der Waals surface area (Å²) in [5, 5.41) is 38.4. The molecule has 0 radical (unpaired) electrons. The molecule has 2 heterocycles. The van der Waals surface area contributed by atoms with E-state index in [-0.39, 0.29) is 12.0 Å². The van der Waals surface area contributed by atoms with Crippen molar-refractivity contribution in [1.82, 2.24) is 9.55 Å². The van der Waals surface area contributed by atoms with E-state index in [1.807, 2.05) is 43.4 Å². The summed E-state index contributed by atoms with van der Waals surface area (Å²) in [7, 11) is 0.696. The zero-order valence-electron chi connectivity index (χ0n) is 30.3. The normalized spacial score (nSPS) is 22.9. The maximum atomic E-state index is 13.7. The Morgan fingerprint density at radius 3 is 1.86 bits per heavy atom. The number of hydrogen-bond acceptors (Lipinski definition) is 9. The lowest BCUT2D eigenvalue weighted by atomic mass is 9.55. The molecule has 51 heavy (non-hydrogen) atoms. The highest BCUT2D eigenvalue weighted by Crippen LogP contribution is 2.61. The minimum absolute atomic E-state index is 0.217. The van der Waals surface area contributed by atoms with E-state index in [4.69, 9.17) is 14.2 Å². The summed E-state index contributed by atoms with van der Waals surface area (Å²) >= 11 is 0. The van der Waals surface area contributed by atoms with Gasteiger partial charge >= 0.3 is 5.69 Å². The zero-order valence-corrected chi connectivity index (χ0v) is 31.5. The molecule has 0 bridgehead atoms. The van der Waals surface area contributed by atoms with Gasteiger partial charge in [0.25, 0.3) is 5.56 Å². The number of nitrogens with one attached hydrogen (secondary N) is 1. The van der Waals surface area contributed by atoms with Crippen molar-refractivity contribution in [1.29, 1.82) is 0 Å². The SMILES string of the molecule is COc1ccc(C(c2ccccc2)(c2ccc(OC)cc2)C(O)[C@@]2(C[N+](=O)[O-])O[C@](n3cc(C)c(=O)[nH]c3=O)([SiH](C)C)C[C@@]2(O)C(C)(C)C)cc1. The Bertz CT molecular complexity index is 1940. The highest BCUT2D eigenvalue weighted by Gasteiger charge is 2.77. The summed E-state index contributed by atoms with van der Waals surface area (Å²) in [5.41, 5.74) is -6.84. The van der Waals surface area contributed by atoms with Gasteiger partial charge in [-0.2, -0.15) is 0 Å². The van der Waals surface area contributed by atoms with Crippen molar-refractivity contribution in [3.63, 3.8) is 0 Å². The molecule has 4 atom stereocenters. The van der Waals surface area contributed by atoms with Crippen molar-refractivity contribution >= 4 is 8.80 Å². The molecule has 1 aromatic heterocycles. The van der Waals surface area contributed by atoms with E-state index in [1.165, 1.54) is 25.0 Å². The lowest BCUT2D eigenvalue weighted by Crippen LogP contribution is -2.71. The fraction of sp³-hybridized carbons (Fsp3) is 0.421. The maximum Gasteiger partial charge on any atom is 0.330 e. The molecule has 272 valence electrons. The molecular weight excluding hydrogens is 671 g/mol. The Kier molecular flexibility index (Phi) is 10.00. The first kappa shape index (κ1) is 37.7. The van der Waals surface area contributed by atoms with Crippen LogP contribution in [-0.2, 0) is 15.5 Å². The van der Waals surface area contributed by atoms with Crippen molar-refractivity contribution in [3.05, 3.63) is 138 Å². The number of ether oxygens (including phenoxy) is 3. The van der Waals surface area contributed by atoms with E-state index in [0.717, 1.165) is 0 Å². The van der Waals surface area contributed by atoms with Gasteiger partial charge in [0.2, 0.25) is 6.54 Å². The molecule has 1 unspecified atom stereocenters. The second-order valence-electron chi connectivity index (χ2n) is 14.7. The Hall–Kier alpha value is -4.56. The van der Waals surface area contributed by atoms with E-state index in [0.29, 0.717) is 28.2 Å². The van der Waals surface area contributed by atoms with Crippen molar-refractivity contribution < 1.29 is 29.3 Å². The summed E-state index contributed by atoms with van der Waals surface area (Å²) in [6.07, 6.45) is -0.777. The van der Waals surface area contributed by atoms with Crippen LogP contribution in [0.2, 0.25) is 13.1 Å². The molecule has 1 fully saturated rings. The molecule has 5 rings (SSSR count). The second-order valence-corrected chi connectivity index (χ2v) is 18.0. The standard InChI is InChI=1S/C38H47N3O9Si/c1-25-22-40(33(44)39-31(25)42)37(51(7)8)23-36(45,34(2,3)4)35(50-37,24-41(46)47)32(43)38(26-12-10-9-11-13-26,27-14-18-29(48-5)19-15-27)28-16-20-30(49-6)21-17-28/h9-22,32,43,45,51H,23-24H2,1-8H3,(H,39,42,44)/t32?,35-,36-,37+/m1/s1. The van der Waals surface area contributed by atoms with E-state index >= 15 is 0 Å². The lowest BCUT2D eigenvalue weighted by Gasteiger charge is -2.53. The molecule has 0 saturated carbocycles. The minimum atomic E-state index is -2.38. The monoisotopic (exact) mass is 717 g/mol. The van der Waals surface area contributed by atoms with Gasteiger partial charge < -0.3 is 24.4 Å². The van der Waals surface area contributed by atoms with Crippen LogP contribution in [0.15, 0.2) is 94.6 Å². The van der Waals surface area contributed by atoms with Crippen LogP contribution in [0.5, 0.6) is 11.5 Å². The maximum absolute atomic E-state index is 13.7. The molecule has 3 N–H and O–H groups in total. The first-order valence-electron chi connectivity index (χ1n) is 16.8. The molecule has 0 aliphatic carbocycles. The molecular formula is C38H47N3O9Si. The highest BCUT2D eigenvalue weighted by molar-refractivity contribution is 6.58. The molecule has 13 heteroatoms. The summed E-state index contributed by atoms with van der Waals surface area (Å²) in [4.78, 5) is 41.0. The number of benzene rings is 3. The van der Waals surface area contributed by atoms with E-state index in [1.54, 1.807) is 76.2 Å². The van der Waals surface area contributed by atoms with E-state index in [2.05, 4.69) is 4.98 Å². The highest BCUT2D eigenvalue weighted by atomic mass is 28.3. The fourth-order valence-corrected chi connectivity index (χ4v) is 9.79. The number of H-pyrrole nitrogens is 1. The van der Waals surface area contributed by atoms with Crippen LogP contribution < -0.4 is 20.7 Å². The average Bonchev–Trinajstić information content (AvgIpc) is 3.38. The van der Waals surface area contributed by atoms with Crippen molar-refractivity contribution in [2.45, 2.75) is 75.3 Å². The first-order valence-corrected chi connectivity index (χ1v) is 19.7. The number of nitro groups is 1. The van der Waals surface area contributed by atoms with Gasteiger partial charge in [-0.1, -0.05) is 88.5 Å². The Morgan fingerprint density at radius 1 is 0.941 bits per heavy atom. The Balaban J connectivity index is 1.98. The summed E-state index contributed by atoms with van der Waals surface area (Å²) in [6, 6.07) is 23.2. The van der Waals surface area contributed by atoms with Crippen LogP contribution in [-0.4, -0.2) is 71.6 Å². The predicted octanol–water partition coefficient (Wildman–Crippen LogP) is 4.15. The summed E-state index contributed by atoms with van der Waals surface area (Å²) in [6.45, 7) is 9.54. The van der Waals surface area contributed by atoms with Gasteiger partial charge in [-0.3, -0.25) is 24.5 Å². The Labute approximate surface area is 298 Å². The van der Waals surface area contributed by atoms with Crippen LogP contribution in [0.4, 0.5) is 0 Å². The molecule has 1 aliphatic heterocycles. The minimum Gasteiger partial charge on any atom is -0.497 e. The summed E-state index contributed by atoms with van der Waals surface area (Å²) < 4.78 is 19.4.